The van der Waals surface area contributed by atoms with Gasteiger partial charge in [0, 0.05) is 42.5 Å². The van der Waals surface area contributed by atoms with Gasteiger partial charge in [0.25, 0.3) is 5.91 Å². The minimum atomic E-state index is -0.0454. The van der Waals surface area contributed by atoms with Gasteiger partial charge >= 0.3 is 0 Å². The minimum absolute atomic E-state index is 0.0191. The summed E-state index contributed by atoms with van der Waals surface area (Å²) < 4.78 is 11.9. The maximum absolute atomic E-state index is 13.2. The second-order valence-corrected chi connectivity index (χ2v) is 9.35. The van der Waals surface area contributed by atoms with E-state index in [9.17, 15) is 4.79 Å². The van der Waals surface area contributed by atoms with E-state index >= 15 is 0 Å². The van der Waals surface area contributed by atoms with Crippen molar-refractivity contribution in [3.8, 4) is 0 Å². The monoisotopic (exact) mass is 409 g/mol. The van der Waals surface area contributed by atoms with Gasteiger partial charge in [-0.25, -0.2) is 4.98 Å². The Bertz CT molecular complexity index is 1060. The van der Waals surface area contributed by atoms with Gasteiger partial charge in [0.05, 0.1) is 12.7 Å². The number of hydrogen-bond acceptors (Lipinski definition) is 5. The van der Waals surface area contributed by atoms with Gasteiger partial charge in [-0.05, 0) is 32.4 Å². The molecular formula is C24H31N3O3. The first kappa shape index (κ1) is 20.7. The van der Waals surface area contributed by atoms with Crippen LogP contribution in [0.5, 0.6) is 0 Å². The van der Waals surface area contributed by atoms with Crippen LogP contribution in [0.3, 0.4) is 0 Å². The molecule has 1 aromatic carbocycles. The summed E-state index contributed by atoms with van der Waals surface area (Å²) in [6, 6.07) is 6.04. The third-order valence-corrected chi connectivity index (χ3v) is 5.81. The molecule has 160 valence electrons. The number of carbonyl (C=O) groups excluding carboxylic acids is 1. The molecule has 0 bridgehead atoms. The fraction of sp³-hybridized carbons (Fsp3) is 0.500. The average Bonchev–Trinajstić information content (AvgIpc) is 3.20. The van der Waals surface area contributed by atoms with Gasteiger partial charge < -0.3 is 13.7 Å². The molecule has 1 aliphatic heterocycles. The van der Waals surface area contributed by atoms with Crippen LogP contribution in [0.15, 0.2) is 33.2 Å². The van der Waals surface area contributed by atoms with Crippen LogP contribution in [0.2, 0.25) is 0 Å². The fourth-order valence-corrected chi connectivity index (χ4v) is 3.94. The number of fused-ring (bicyclic) bond motifs is 1. The molecule has 0 unspecified atom stereocenters. The Labute approximate surface area is 177 Å². The third-order valence-electron chi connectivity index (χ3n) is 5.81. The molecule has 0 radical (unpaired) electrons. The van der Waals surface area contributed by atoms with Crippen molar-refractivity contribution in [1.29, 1.82) is 0 Å². The summed E-state index contributed by atoms with van der Waals surface area (Å²) in [4.78, 5) is 21.9. The summed E-state index contributed by atoms with van der Waals surface area (Å²) in [5.74, 6) is 2.09. The lowest BCUT2D eigenvalue weighted by Crippen LogP contribution is -2.35. The van der Waals surface area contributed by atoms with Crippen LogP contribution in [0.25, 0.3) is 11.0 Å². The zero-order valence-electron chi connectivity index (χ0n) is 18.6. The van der Waals surface area contributed by atoms with Gasteiger partial charge in [-0.15, -0.1) is 0 Å². The SMILES string of the molecule is Cc1ccc2oc(C(=O)N3CCCN(Cc4ncc(C(C)(C)C)o4)CC3)c(C)c2c1. The van der Waals surface area contributed by atoms with E-state index in [1.807, 2.05) is 30.2 Å². The van der Waals surface area contributed by atoms with Gasteiger partial charge in [-0.3, -0.25) is 9.69 Å². The molecule has 0 N–H and O–H groups in total. The molecule has 1 saturated heterocycles. The summed E-state index contributed by atoms with van der Waals surface area (Å²) in [7, 11) is 0. The first-order valence-electron chi connectivity index (χ1n) is 10.7. The number of benzene rings is 1. The van der Waals surface area contributed by atoms with Gasteiger partial charge in [0.2, 0.25) is 5.89 Å². The first-order valence-corrected chi connectivity index (χ1v) is 10.7. The van der Waals surface area contributed by atoms with Crippen molar-refractivity contribution in [1.82, 2.24) is 14.8 Å². The maximum atomic E-state index is 13.2. The summed E-state index contributed by atoms with van der Waals surface area (Å²) in [5, 5.41) is 1.02. The predicted octanol–water partition coefficient (Wildman–Crippen LogP) is 4.68. The van der Waals surface area contributed by atoms with Crippen molar-refractivity contribution in [2.24, 2.45) is 0 Å². The number of nitrogens with zero attached hydrogens (tertiary/aromatic N) is 3. The van der Waals surface area contributed by atoms with Crippen LogP contribution in [-0.4, -0.2) is 46.9 Å². The van der Waals surface area contributed by atoms with Crippen molar-refractivity contribution >= 4 is 16.9 Å². The molecule has 3 aromatic rings. The Morgan fingerprint density at radius 1 is 1.10 bits per heavy atom. The van der Waals surface area contributed by atoms with Crippen LogP contribution in [0.1, 0.15) is 60.5 Å². The van der Waals surface area contributed by atoms with Crippen LogP contribution in [-0.2, 0) is 12.0 Å². The van der Waals surface area contributed by atoms with E-state index in [-0.39, 0.29) is 11.3 Å². The van der Waals surface area contributed by atoms with Crippen molar-refractivity contribution in [2.45, 2.75) is 53.0 Å². The number of aryl methyl sites for hydroxylation is 2. The van der Waals surface area contributed by atoms with E-state index in [2.05, 4.69) is 43.6 Å². The van der Waals surface area contributed by atoms with Crippen molar-refractivity contribution in [3.05, 3.63) is 52.9 Å². The number of oxazole rings is 1. The number of furan rings is 1. The topological polar surface area (TPSA) is 62.7 Å². The standard InChI is InChI=1S/C24H31N3O3/c1-16-7-8-19-18(13-16)17(2)22(29-19)23(28)27-10-6-9-26(11-12-27)15-21-25-14-20(30-21)24(3,4)5/h7-8,13-14H,6,9-12,15H2,1-5H3. The molecule has 6 heteroatoms. The van der Waals surface area contributed by atoms with E-state index in [0.29, 0.717) is 18.8 Å². The highest BCUT2D eigenvalue weighted by Crippen LogP contribution is 2.28. The lowest BCUT2D eigenvalue weighted by Gasteiger charge is -2.20. The van der Waals surface area contributed by atoms with Crippen LogP contribution >= 0.6 is 0 Å². The van der Waals surface area contributed by atoms with Gasteiger partial charge in [-0.2, -0.15) is 0 Å². The van der Waals surface area contributed by atoms with E-state index in [4.69, 9.17) is 8.83 Å². The molecule has 4 rings (SSSR count). The van der Waals surface area contributed by atoms with E-state index in [0.717, 1.165) is 59.8 Å². The highest BCUT2D eigenvalue weighted by Gasteiger charge is 2.26. The van der Waals surface area contributed by atoms with Crippen molar-refractivity contribution in [2.75, 3.05) is 26.2 Å². The van der Waals surface area contributed by atoms with Crippen LogP contribution < -0.4 is 0 Å². The molecule has 0 saturated carbocycles. The molecule has 6 nitrogen and oxygen atoms in total. The zero-order chi connectivity index (χ0) is 21.5. The molecule has 1 aliphatic rings. The zero-order valence-corrected chi connectivity index (χ0v) is 18.6. The highest BCUT2D eigenvalue weighted by molar-refractivity contribution is 5.99. The van der Waals surface area contributed by atoms with Crippen LogP contribution in [0, 0.1) is 13.8 Å². The Balaban J connectivity index is 1.43. The Kier molecular flexibility index (Phi) is 5.45. The first-order chi connectivity index (χ1) is 14.2. The number of aromatic nitrogens is 1. The predicted molar refractivity (Wildman–Crippen MR) is 117 cm³/mol. The van der Waals surface area contributed by atoms with Gasteiger partial charge in [-0.1, -0.05) is 32.4 Å². The summed E-state index contributed by atoms with van der Waals surface area (Å²) in [6.07, 6.45) is 2.74. The Hall–Kier alpha value is -2.60. The Morgan fingerprint density at radius 2 is 1.90 bits per heavy atom. The average molecular weight is 410 g/mol. The quantitative estimate of drug-likeness (QED) is 0.628. The molecular weight excluding hydrogens is 378 g/mol. The molecule has 1 amide bonds. The second kappa shape index (κ2) is 7.91. The van der Waals surface area contributed by atoms with Gasteiger partial charge in [0.15, 0.2) is 5.76 Å². The normalized spacial score (nSPS) is 16.2. The lowest BCUT2D eigenvalue weighted by atomic mass is 9.94. The third kappa shape index (κ3) is 4.15. The summed E-state index contributed by atoms with van der Waals surface area (Å²) in [6.45, 7) is 14.1. The highest BCUT2D eigenvalue weighted by atomic mass is 16.4. The summed E-state index contributed by atoms with van der Waals surface area (Å²) in [5.41, 5.74) is 2.82. The van der Waals surface area contributed by atoms with E-state index < -0.39 is 0 Å². The molecule has 1 fully saturated rings. The van der Waals surface area contributed by atoms with E-state index in [1.165, 1.54) is 0 Å². The molecule has 3 heterocycles. The van der Waals surface area contributed by atoms with Gasteiger partial charge in [0.1, 0.15) is 11.3 Å². The van der Waals surface area contributed by atoms with Crippen LogP contribution in [0.4, 0.5) is 0 Å². The number of carbonyl (C=O) groups is 1. The lowest BCUT2D eigenvalue weighted by molar-refractivity contribution is 0.0730. The molecule has 0 spiro atoms. The summed E-state index contributed by atoms with van der Waals surface area (Å²) >= 11 is 0. The van der Waals surface area contributed by atoms with E-state index in [1.54, 1.807) is 0 Å². The smallest absolute Gasteiger partial charge is 0.289 e. The molecule has 2 aromatic heterocycles. The molecule has 30 heavy (non-hydrogen) atoms. The fourth-order valence-electron chi connectivity index (χ4n) is 3.94. The second-order valence-electron chi connectivity index (χ2n) is 9.35. The maximum Gasteiger partial charge on any atom is 0.289 e. The number of amides is 1. The Morgan fingerprint density at radius 3 is 2.63 bits per heavy atom. The molecule has 0 aliphatic carbocycles. The minimum Gasteiger partial charge on any atom is -0.451 e. The van der Waals surface area contributed by atoms with Crippen molar-refractivity contribution < 1.29 is 13.6 Å². The van der Waals surface area contributed by atoms with Crippen molar-refractivity contribution in [3.63, 3.8) is 0 Å². The largest absolute Gasteiger partial charge is 0.451 e. The molecule has 0 atom stereocenters. The number of hydrogen-bond donors (Lipinski definition) is 0. The number of rotatable bonds is 3.